The molecule has 14 heteroatoms. The highest BCUT2D eigenvalue weighted by molar-refractivity contribution is 5.76. The number of nitrogens with two attached hydrogens (primary N) is 1. The van der Waals surface area contributed by atoms with E-state index in [0.717, 1.165) is 67.0 Å². The smallest absolute Gasteiger partial charge is 0.489 e. The lowest BCUT2D eigenvalue weighted by molar-refractivity contribution is -0.274. The summed E-state index contributed by atoms with van der Waals surface area (Å²) >= 11 is 0. The van der Waals surface area contributed by atoms with Gasteiger partial charge in [0.1, 0.15) is 29.7 Å². The minimum atomic E-state index is -4.90. The third-order valence-corrected chi connectivity index (χ3v) is 8.51. The van der Waals surface area contributed by atoms with Gasteiger partial charge in [-0.1, -0.05) is 0 Å². The first kappa shape index (κ1) is 30.8. The van der Waals surface area contributed by atoms with E-state index in [1.54, 1.807) is 6.07 Å². The van der Waals surface area contributed by atoms with Crippen LogP contribution in [0, 0.1) is 11.7 Å². The molecule has 0 unspecified atom stereocenters. The van der Waals surface area contributed by atoms with E-state index >= 15 is 0 Å². The minimum absolute atomic E-state index is 0.0407. The maximum absolute atomic E-state index is 14.4. The maximum Gasteiger partial charge on any atom is 0.573 e. The molecule has 2 fully saturated rings. The van der Waals surface area contributed by atoms with Crippen LogP contribution in [-0.2, 0) is 29.0 Å². The molecule has 2 heterocycles. The molecule has 2 aromatic carbocycles. The van der Waals surface area contributed by atoms with Crippen LogP contribution in [0.15, 0.2) is 36.4 Å². The number of aryl methyl sites for hydroxylation is 1. The van der Waals surface area contributed by atoms with Gasteiger partial charge in [0.05, 0.1) is 24.3 Å². The quantitative estimate of drug-likeness (QED) is 0.311. The number of alkyl halides is 3. The molecule has 6 rings (SSSR count). The van der Waals surface area contributed by atoms with Crippen molar-refractivity contribution in [2.75, 3.05) is 50.0 Å². The van der Waals surface area contributed by atoms with Gasteiger partial charge in [-0.2, -0.15) is 4.98 Å². The van der Waals surface area contributed by atoms with E-state index in [0.29, 0.717) is 44.1 Å². The minimum Gasteiger partial charge on any atom is -0.489 e. The number of aliphatic carboxylic acids is 1. The monoisotopic (exact) mass is 631 g/mol. The van der Waals surface area contributed by atoms with E-state index in [2.05, 4.69) is 24.5 Å². The predicted molar refractivity (Wildman–Crippen MR) is 155 cm³/mol. The van der Waals surface area contributed by atoms with Crippen molar-refractivity contribution in [2.24, 2.45) is 5.92 Å². The SMILES string of the molecule is Nc1nc2c(c(N3CCN(CCO[C@H]4C[C@@H](C(=O)O)C4)CC3)n1)CCc1cc(OCc3ccc(OC(F)(F)F)cc3F)ccc1-2. The number of carboxylic acid groups (broad SMARTS) is 1. The van der Waals surface area contributed by atoms with Crippen molar-refractivity contribution in [3.05, 3.63) is 58.9 Å². The van der Waals surface area contributed by atoms with Crippen molar-refractivity contribution in [2.45, 2.75) is 44.8 Å². The van der Waals surface area contributed by atoms with Crippen LogP contribution in [0.5, 0.6) is 11.5 Å². The van der Waals surface area contributed by atoms with E-state index < -0.39 is 23.9 Å². The van der Waals surface area contributed by atoms with Crippen LogP contribution in [0.3, 0.4) is 0 Å². The van der Waals surface area contributed by atoms with Gasteiger partial charge in [-0.25, -0.2) is 9.37 Å². The Morgan fingerprint density at radius 2 is 1.78 bits per heavy atom. The number of anilines is 2. The van der Waals surface area contributed by atoms with Crippen LogP contribution < -0.4 is 20.1 Å². The number of carbonyl (C=O) groups is 1. The summed E-state index contributed by atoms with van der Waals surface area (Å²) in [6.45, 7) is 4.40. The Morgan fingerprint density at radius 3 is 2.49 bits per heavy atom. The summed E-state index contributed by atoms with van der Waals surface area (Å²) in [5.41, 5.74) is 9.97. The fourth-order valence-corrected chi connectivity index (χ4v) is 6.00. The number of ether oxygens (including phenoxy) is 3. The summed E-state index contributed by atoms with van der Waals surface area (Å²) in [6.07, 6.45) is -2.28. The number of hydrogen-bond donors (Lipinski definition) is 2. The number of nitrogens with zero attached hydrogens (tertiary/aromatic N) is 4. The highest BCUT2D eigenvalue weighted by Crippen LogP contribution is 2.39. The second-order valence-electron chi connectivity index (χ2n) is 11.5. The topological polar surface area (TPSA) is 123 Å². The molecule has 1 aromatic heterocycles. The lowest BCUT2D eigenvalue weighted by Gasteiger charge is -2.38. The van der Waals surface area contributed by atoms with Gasteiger partial charge < -0.3 is 30.0 Å². The van der Waals surface area contributed by atoms with Crippen molar-refractivity contribution in [1.29, 1.82) is 0 Å². The molecule has 3 aromatic rings. The fourth-order valence-electron chi connectivity index (χ4n) is 6.00. The normalized spacial score (nSPS) is 19.8. The number of benzene rings is 2. The molecule has 10 nitrogen and oxygen atoms in total. The molecule has 3 aliphatic rings. The van der Waals surface area contributed by atoms with Gasteiger partial charge in [0, 0.05) is 55.5 Å². The third-order valence-electron chi connectivity index (χ3n) is 8.51. The number of piperazine rings is 1. The van der Waals surface area contributed by atoms with Crippen LogP contribution >= 0.6 is 0 Å². The number of fused-ring (bicyclic) bond motifs is 3. The van der Waals surface area contributed by atoms with Crippen LogP contribution in [0.2, 0.25) is 0 Å². The molecule has 3 N–H and O–H groups in total. The average molecular weight is 632 g/mol. The summed E-state index contributed by atoms with van der Waals surface area (Å²) in [5.74, 6) is -1.00. The second-order valence-corrected chi connectivity index (χ2v) is 11.5. The first-order chi connectivity index (χ1) is 21.5. The molecular weight excluding hydrogens is 598 g/mol. The lowest BCUT2D eigenvalue weighted by Crippen LogP contribution is -2.48. The van der Waals surface area contributed by atoms with Gasteiger partial charge in [0.15, 0.2) is 0 Å². The van der Waals surface area contributed by atoms with Gasteiger partial charge in [-0.05, 0) is 61.6 Å². The van der Waals surface area contributed by atoms with Crippen LogP contribution in [0.1, 0.15) is 29.5 Å². The Bertz CT molecular complexity index is 1560. The molecule has 0 spiro atoms. The zero-order valence-corrected chi connectivity index (χ0v) is 24.4. The van der Waals surface area contributed by atoms with Gasteiger partial charge in [0.2, 0.25) is 5.95 Å². The highest BCUT2D eigenvalue weighted by atomic mass is 19.4. The number of aromatic nitrogens is 2. The molecule has 45 heavy (non-hydrogen) atoms. The first-order valence-corrected chi connectivity index (χ1v) is 14.8. The molecule has 0 bridgehead atoms. The van der Waals surface area contributed by atoms with Crippen LogP contribution in [-0.4, -0.2) is 77.7 Å². The van der Waals surface area contributed by atoms with E-state index in [1.807, 2.05) is 12.1 Å². The molecule has 1 aliphatic heterocycles. The van der Waals surface area contributed by atoms with Crippen molar-refractivity contribution >= 4 is 17.7 Å². The number of halogens is 4. The Morgan fingerprint density at radius 1 is 1.02 bits per heavy atom. The molecule has 0 radical (unpaired) electrons. The summed E-state index contributed by atoms with van der Waals surface area (Å²) in [6, 6.07) is 8.42. The van der Waals surface area contributed by atoms with Crippen molar-refractivity contribution in [1.82, 2.24) is 14.9 Å². The average Bonchev–Trinajstić information content (AvgIpc) is 2.96. The zero-order chi connectivity index (χ0) is 31.7. The largest absolute Gasteiger partial charge is 0.573 e. The Kier molecular flexibility index (Phi) is 8.69. The molecule has 0 atom stereocenters. The molecule has 1 saturated heterocycles. The Hall–Kier alpha value is -4.17. The van der Waals surface area contributed by atoms with Crippen LogP contribution in [0.25, 0.3) is 11.3 Å². The summed E-state index contributed by atoms with van der Waals surface area (Å²) in [4.78, 5) is 24.7. The maximum atomic E-state index is 14.4. The van der Waals surface area contributed by atoms with Gasteiger partial charge in [0.25, 0.3) is 0 Å². The highest BCUT2D eigenvalue weighted by Gasteiger charge is 2.35. The van der Waals surface area contributed by atoms with Gasteiger partial charge >= 0.3 is 12.3 Å². The van der Waals surface area contributed by atoms with E-state index in [4.69, 9.17) is 20.3 Å². The lowest BCUT2D eigenvalue weighted by atomic mass is 9.82. The zero-order valence-electron chi connectivity index (χ0n) is 24.4. The third kappa shape index (κ3) is 7.22. The number of rotatable bonds is 10. The van der Waals surface area contributed by atoms with E-state index in [-0.39, 0.29) is 30.1 Å². The predicted octanol–water partition coefficient (Wildman–Crippen LogP) is 4.44. The molecule has 240 valence electrons. The number of nitrogen functional groups attached to an aromatic ring is 1. The number of carboxylic acids is 1. The van der Waals surface area contributed by atoms with Gasteiger partial charge in [-0.15, -0.1) is 13.2 Å². The molecular formula is C31H33F4N5O5. The first-order valence-electron chi connectivity index (χ1n) is 14.8. The van der Waals surface area contributed by atoms with E-state index in [1.165, 1.54) is 6.07 Å². The summed E-state index contributed by atoms with van der Waals surface area (Å²) in [5, 5.41) is 9.02. The number of hydrogen-bond acceptors (Lipinski definition) is 9. The van der Waals surface area contributed by atoms with Crippen molar-refractivity contribution in [3.63, 3.8) is 0 Å². The van der Waals surface area contributed by atoms with Crippen molar-refractivity contribution < 1.29 is 41.7 Å². The molecule has 0 amide bonds. The fraction of sp³-hybridized carbons (Fsp3) is 0.452. The van der Waals surface area contributed by atoms with Gasteiger partial charge in [-0.3, -0.25) is 9.69 Å². The summed E-state index contributed by atoms with van der Waals surface area (Å²) < 4.78 is 67.0. The Labute approximate surface area is 256 Å². The van der Waals surface area contributed by atoms with E-state index in [9.17, 15) is 22.4 Å². The van der Waals surface area contributed by atoms with Crippen molar-refractivity contribution in [3.8, 4) is 22.8 Å². The molecule has 1 saturated carbocycles. The van der Waals surface area contributed by atoms with Crippen LogP contribution in [0.4, 0.5) is 29.3 Å². The standard InChI is InChI=1S/C31H33F4N5O5/c32-26-16-22(45-31(33,34)35)3-1-19(26)17-44-21-4-6-24-18(13-21)2-5-25-27(24)37-30(36)38-28(25)40-9-7-39(8-10-40)11-12-43-23-14-20(15-23)29(41)42/h1,3-4,6,13,16,20,23H,2,5,7-12,14-15,17H2,(H,41,42)(H2,36,37,38)/t20-,23+. The summed E-state index contributed by atoms with van der Waals surface area (Å²) in [7, 11) is 0. The Balaban J connectivity index is 1.06. The molecule has 2 aliphatic carbocycles. The second kappa shape index (κ2) is 12.7.